The molecule has 4 atom stereocenters. The smallest absolute Gasteiger partial charge is 0.314 e. The molecule has 0 N–H and O–H groups in total. The summed E-state index contributed by atoms with van der Waals surface area (Å²) in [5.74, 6) is -0.125. The minimum Gasteiger partial charge on any atom is -0.490 e. The van der Waals surface area contributed by atoms with Crippen molar-refractivity contribution in [3.8, 4) is 22.8 Å². The predicted molar refractivity (Wildman–Crippen MR) is 159 cm³/mol. The number of hydrogen-bond acceptors (Lipinski definition) is 7. The van der Waals surface area contributed by atoms with Gasteiger partial charge in [0, 0.05) is 60.4 Å². The van der Waals surface area contributed by atoms with Gasteiger partial charge >= 0.3 is 5.97 Å². The Morgan fingerprint density at radius 2 is 1.66 bits per heavy atom. The second-order valence-corrected chi connectivity index (χ2v) is 16.2. The Morgan fingerprint density at radius 1 is 1.00 bits per heavy atom. The van der Waals surface area contributed by atoms with E-state index in [1.807, 2.05) is 40.7 Å². The summed E-state index contributed by atoms with van der Waals surface area (Å²) in [6.07, 6.45) is 3.69. The average Bonchev–Trinajstić information content (AvgIpc) is 3.67. The molecule has 0 radical (unpaired) electrons. The van der Waals surface area contributed by atoms with Crippen molar-refractivity contribution in [3.63, 3.8) is 0 Å². The lowest BCUT2D eigenvalue weighted by molar-refractivity contribution is -0.159. The fourth-order valence-corrected chi connectivity index (χ4v) is 8.61. The zero-order valence-electron chi connectivity index (χ0n) is 25.5. The molecule has 3 saturated carbocycles. The second kappa shape index (κ2) is 9.49. The van der Waals surface area contributed by atoms with Crippen molar-refractivity contribution in [2.75, 3.05) is 6.26 Å². The first-order valence-electron chi connectivity index (χ1n) is 14.9. The van der Waals surface area contributed by atoms with Gasteiger partial charge in [0.1, 0.15) is 35.7 Å². The van der Waals surface area contributed by atoms with Crippen molar-refractivity contribution in [2.45, 2.75) is 82.9 Å². The van der Waals surface area contributed by atoms with Crippen LogP contribution in [0.25, 0.3) is 11.1 Å². The highest BCUT2D eigenvalue weighted by Crippen LogP contribution is 2.97. The van der Waals surface area contributed by atoms with Gasteiger partial charge in [0.15, 0.2) is 9.84 Å². The number of ether oxygens (including phenoxy) is 3. The summed E-state index contributed by atoms with van der Waals surface area (Å²) in [6.45, 7) is 9.11. The van der Waals surface area contributed by atoms with Crippen molar-refractivity contribution in [1.82, 2.24) is 4.98 Å². The third-order valence-corrected chi connectivity index (χ3v) is 11.3. The molecule has 44 heavy (non-hydrogen) atoms. The van der Waals surface area contributed by atoms with E-state index in [4.69, 9.17) is 14.2 Å². The normalized spacial score (nSPS) is 27.6. The topological polar surface area (TPSA) is 91.8 Å². The quantitative estimate of drug-likeness (QED) is 0.271. The zero-order valence-corrected chi connectivity index (χ0v) is 26.3. The molecular formula is C34H35F2NO6S. The molecular weight excluding hydrogens is 588 g/mol. The number of carbonyl (C=O) groups excluding carboxylic acids is 1. The van der Waals surface area contributed by atoms with E-state index < -0.39 is 32.5 Å². The van der Waals surface area contributed by atoms with Gasteiger partial charge in [-0.15, -0.1) is 0 Å². The summed E-state index contributed by atoms with van der Waals surface area (Å²) in [6, 6.07) is 7.76. The summed E-state index contributed by atoms with van der Waals surface area (Å²) < 4.78 is 71.1. The van der Waals surface area contributed by atoms with E-state index in [9.17, 15) is 17.6 Å². The van der Waals surface area contributed by atoms with Crippen LogP contribution >= 0.6 is 0 Å². The van der Waals surface area contributed by atoms with E-state index in [1.54, 1.807) is 18.3 Å². The highest BCUT2D eigenvalue weighted by atomic mass is 32.2. The first-order chi connectivity index (χ1) is 20.6. The van der Waals surface area contributed by atoms with E-state index in [-0.39, 0.29) is 52.8 Å². The maximum absolute atomic E-state index is 15.2. The van der Waals surface area contributed by atoms with Gasteiger partial charge in [-0.1, -0.05) is 0 Å². The Balaban J connectivity index is 1.06. The van der Waals surface area contributed by atoms with Crippen molar-refractivity contribution in [3.05, 3.63) is 76.0 Å². The lowest BCUT2D eigenvalue weighted by atomic mass is 9.93. The maximum Gasteiger partial charge on any atom is 0.314 e. The van der Waals surface area contributed by atoms with Gasteiger partial charge in [-0.3, -0.25) is 4.79 Å². The summed E-state index contributed by atoms with van der Waals surface area (Å²) in [5, 5.41) is -0.379. The molecule has 8 rings (SSSR count). The number of pyridine rings is 1. The number of rotatable bonds is 8. The van der Waals surface area contributed by atoms with E-state index in [2.05, 4.69) is 4.98 Å². The number of sulfone groups is 1. The Kier molecular flexibility index (Phi) is 6.29. The Labute approximate surface area is 255 Å². The van der Waals surface area contributed by atoms with Crippen LogP contribution in [0.1, 0.15) is 73.3 Å². The Bertz CT molecular complexity index is 1820. The minimum absolute atomic E-state index is 0.111. The SMILES string of the molecule is Cc1cc(OC2CC(S(C)(=O)=O)C2)cc(C)c1-c1cc(COc2cc3c(cn2)[C@H]2[C@H]4C3[C@@]42C(=O)OC(C)(C)C)c(F)cc1F. The monoisotopic (exact) mass is 623 g/mol. The van der Waals surface area contributed by atoms with Crippen LogP contribution < -0.4 is 9.47 Å². The number of aryl methyl sites for hydroxylation is 2. The molecule has 1 unspecified atom stereocenters. The van der Waals surface area contributed by atoms with E-state index in [0.29, 0.717) is 30.0 Å². The molecule has 0 amide bonds. The summed E-state index contributed by atoms with van der Waals surface area (Å²) in [7, 11) is -3.08. The van der Waals surface area contributed by atoms with Gasteiger partial charge in [0.05, 0.1) is 10.7 Å². The molecule has 1 aromatic heterocycles. The molecule has 232 valence electrons. The third-order valence-electron chi connectivity index (χ3n) is 9.69. The van der Waals surface area contributed by atoms with Crippen molar-refractivity contribution in [1.29, 1.82) is 0 Å². The first kappa shape index (κ1) is 29.2. The number of esters is 1. The van der Waals surface area contributed by atoms with Crippen molar-refractivity contribution >= 4 is 15.8 Å². The lowest BCUT2D eigenvalue weighted by Crippen LogP contribution is -2.42. The van der Waals surface area contributed by atoms with Crippen LogP contribution in [0.3, 0.4) is 0 Å². The van der Waals surface area contributed by atoms with Gasteiger partial charge in [0.2, 0.25) is 5.88 Å². The van der Waals surface area contributed by atoms with Crippen LogP contribution in [0.4, 0.5) is 8.78 Å². The largest absolute Gasteiger partial charge is 0.490 e. The first-order valence-corrected chi connectivity index (χ1v) is 16.9. The van der Waals surface area contributed by atoms with Crippen LogP contribution in [0.2, 0.25) is 0 Å². The molecule has 5 aliphatic carbocycles. The molecule has 0 aliphatic heterocycles. The number of aromatic nitrogens is 1. The van der Waals surface area contributed by atoms with E-state index in [0.717, 1.165) is 28.3 Å². The highest BCUT2D eigenvalue weighted by molar-refractivity contribution is 7.91. The van der Waals surface area contributed by atoms with Crippen LogP contribution in [0.15, 0.2) is 36.5 Å². The molecule has 2 bridgehead atoms. The summed E-state index contributed by atoms with van der Waals surface area (Å²) >= 11 is 0. The van der Waals surface area contributed by atoms with E-state index in [1.165, 1.54) is 12.3 Å². The molecule has 3 fully saturated rings. The van der Waals surface area contributed by atoms with Crippen molar-refractivity contribution in [2.24, 2.45) is 11.3 Å². The minimum atomic E-state index is -3.08. The third kappa shape index (κ3) is 4.51. The number of halogens is 2. The van der Waals surface area contributed by atoms with Crippen molar-refractivity contribution < 1.29 is 36.2 Å². The van der Waals surface area contributed by atoms with Crippen LogP contribution in [-0.2, 0) is 26.0 Å². The fraction of sp³-hybridized carbons (Fsp3) is 0.471. The molecule has 5 aliphatic rings. The Morgan fingerprint density at radius 3 is 2.30 bits per heavy atom. The molecule has 7 nitrogen and oxygen atoms in total. The number of nitrogens with zero attached hydrogens (tertiary/aromatic N) is 1. The molecule has 1 heterocycles. The zero-order chi connectivity index (χ0) is 31.5. The van der Waals surface area contributed by atoms with Gasteiger partial charge in [-0.2, -0.15) is 0 Å². The van der Waals surface area contributed by atoms with Crippen LogP contribution in [-0.4, -0.2) is 42.6 Å². The van der Waals surface area contributed by atoms with Gasteiger partial charge < -0.3 is 14.2 Å². The second-order valence-electron chi connectivity index (χ2n) is 13.9. The molecule has 0 spiro atoms. The van der Waals surface area contributed by atoms with Gasteiger partial charge in [-0.05, 0) is 86.6 Å². The molecule has 2 aromatic carbocycles. The number of carbonyl (C=O) groups is 1. The lowest BCUT2D eigenvalue weighted by Gasteiger charge is -2.34. The highest BCUT2D eigenvalue weighted by Gasteiger charge is 2.95. The summed E-state index contributed by atoms with van der Waals surface area (Å²) in [5.41, 5.74) is 3.64. The van der Waals surface area contributed by atoms with Crippen LogP contribution in [0.5, 0.6) is 11.6 Å². The molecule has 10 heteroatoms. The molecule has 3 aromatic rings. The van der Waals surface area contributed by atoms with Gasteiger partial charge in [-0.25, -0.2) is 22.2 Å². The Hall–Kier alpha value is -3.53. The predicted octanol–water partition coefficient (Wildman–Crippen LogP) is 6.33. The average molecular weight is 624 g/mol. The number of benzene rings is 2. The maximum atomic E-state index is 15.2. The number of hydrogen-bond donors (Lipinski definition) is 0. The standard InChI is InChI=1S/C34H35F2NO6S/c1-16-7-19(42-20-10-21(11-20)44(6,39)40)8-17(2)28(16)23-9-18(25(35)13-26(23)36)15-41-27-12-22-24(14-37-27)30-31-29(22)34(30,31)32(38)43-33(3,4)5/h7-9,12-14,20-21,29-31H,10-11,15H2,1-6H3/t20?,21?,29?,30-,31+,34-/m0/s1. The molecule has 0 saturated heterocycles. The fourth-order valence-electron chi connectivity index (χ4n) is 7.48. The van der Waals surface area contributed by atoms with Gasteiger partial charge in [0.25, 0.3) is 0 Å². The van der Waals surface area contributed by atoms with Crippen LogP contribution in [0, 0.1) is 36.8 Å². The summed E-state index contributed by atoms with van der Waals surface area (Å²) in [4.78, 5) is 17.3. The van der Waals surface area contributed by atoms with E-state index >= 15 is 4.39 Å².